The van der Waals surface area contributed by atoms with Crippen LogP contribution in [0.25, 0.3) is 0 Å². The maximum absolute atomic E-state index is 2.38. The van der Waals surface area contributed by atoms with Gasteiger partial charge in [0, 0.05) is 19.5 Å². The summed E-state index contributed by atoms with van der Waals surface area (Å²) in [6.07, 6.45) is 0. The van der Waals surface area contributed by atoms with E-state index < -0.39 is 7.26 Å². The SMILES string of the molecule is Ic1ccc([PH](c2ccccc2)(c2ccccc2)c2ccccc2)cc1.[Ru]. The molecule has 0 aliphatic rings. The second-order valence-electron chi connectivity index (χ2n) is 6.35. The van der Waals surface area contributed by atoms with Crippen molar-refractivity contribution >= 4 is 51.1 Å². The molecule has 0 unspecified atom stereocenters. The van der Waals surface area contributed by atoms with Crippen LogP contribution in [-0.2, 0) is 19.5 Å². The molecule has 0 aromatic heterocycles. The van der Waals surface area contributed by atoms with Crippen molar-refractivity contribution < 1.29 is 19.5 Å². The Morgan fingerprint density at radius 2 is 0.704 bits per heavy atom. The monoisotopic (exact) mass is 568 g/mol. The van der Waals surface area contributed by atoms with Gasteiger partial charge in [-0.1, -0.05) is 0 Å². The zero-order valence-electron chi connectivity index (χ0n) is 14.7. The number of halogens is 1. The van der Waals surface area contributed by atoms with Gasteiger partial charge in [0.05, 0.1) is 0 Å². The number of hydrogen-bond acceptors (Lipinski definition) is 0. The summed E-state index contributed by atoms with van der Waals surface area (Å²) >= 11 is 2.38. The van der Waals surface area contributed by atoms with Crippen LogP contribution in [0, 0.1) is 3.57 Å². The first-order valence-electron chi connectivity index (χ1n) is 8.74. The molecule has 4 rings (SSSR count). The molecule has 4 aromatic carbocycles. The summed E-state index contributed by atoms with van der Waals surface area (Å²) in [5, 5.41) is 5.66. The van der Waals surface area contributed by atoms with E-state index in [-0.39, 0.29) is 19.5 Å². The Morgan fingerprint density at radius 1 is 0.407 bits per heavy atom. The van der Waals surface area contributed by atoms with Gasteiger partial charge in [-0.25, -0.2) is 0 Å². The third kappa shape index (κ3) is 3.95. The van der Waals surface area contributed by atoms with Crippen molar-refractivity contribution in [1.29, 1.82) is 0 Å². The predicted molar refractivity (Wildman–Crippen MR) is 125 cm³/mol. The fraction of sp³-hybridized carbons (Fsp3) is 0. The van der Waals surface area contributed by atoms with Crippen LogP contribution in [0.2, 0.25) is 0 Å². The molecular weight excluding hydrogens is 547 g/mol. The molecule has 0 amide bonds. The minimum atomic E-state index is -2.33. The first-order valence-corrected chi connectivity index (χ1v) is 11.8. The zero-order valence-corrected chi connectivity index (χ0v) is 19.6. The van der Waals surface area contributed by atoms with E-state index in [9.17, 15) is 0 Å². The van der Waals surface area contributed by atoms with Gasteiger partial charge in [-0.15, -0.1) is 0 Å². The third-order valence-electron chi connectivity index (χ3n) is 4.90. The Morgan fingerprint density at radius 3 is 1.04 bits per heavy atom. The molecule has 0 saturated carbocycles. The van der Waals surface area contributed by atoms with Gasteiger partial charge in [-0.2, -0.15) is 0 Å². The minimum Gasteiger partial charge on any atom is 0 e. The van der Waals surface area contributed by atoms with Crippen LogP contribution in [0.15, 0.2) is 115 Å². The fourth-order valence-electron chi connectivity index (χ4n) is 3.76. The fourth-order valence-corrected chi connectivity index (χ4v) is 8.87. The van der Waals surface area contributed by atoms with Crippen molar-refractivity contribution in [3.63, 3.8) is 0 Å². The molecule has 0 aliphatic heterocycles. The van der Waals surface area contributed by atoms with Crippen molar-refractivity contribution in [2.24, 2.45) is 0 Å². The van der Waals surface area contributed by atoms with Gasteiger partial charge >= 0.3 is 170 Å². The molecule has 4 aromatic rings. The van der Waals surface area contributed by atoms with E-state index in [4.69, 9.17) is 0 Å². The van der Waals surface area contributed by atoms with Crippen LogP contribution in [0.1, 0.15) is 0 Å². The molecule has 0 radical (unpaired) electrons. The molecule has 0 aliphatic carbocycles. The van der Waals surface area contributed by atoms with Gasteiger partial charge in [-0.05, 0) is 0 Å². The van der Waals surface area contributed by atoms with Crippen LogP contribution < -0.4 is 21.2 Å². The predicted octanol–water partition coefficient (Wildman–Crippen LogP) is 4.64. The molecule has 3 heteroatoms. The van der Waals surface area contributed by atoms with Gasteiger partial charge in [0.2, 0.25) is 0 Å². The largest absolute Gasteiger partial charge is 0 e. The Hall–Kier alpha value is -1.34. The molecule has 0 saturated heterocycles. The Labute approximate surface area is 188 Å². The maximum Gasteiger partial charge on any atom is 0 e. The second-order valence-corrected chi connectivity index (χ2v) is 11.4. The van der Waals surface area contributed by atoms with Crippen molar-refractivity contribution in [2.45, 2.75) is 0 Å². The topological polar surface area (TPSA) is 0 Å². The molecule has 0 N–H and O–H groups in total. The molecule has 27 heavy (non-hydrogen) atoms. The van der Waals surface area contributed by atoms with Crippen molar-refractivity contribution in [2.75, 3.05) is 0 Å². The zero-order chi connectivity index (χ0) is 17.8. The van der Waals surface area contributed by atoms with Crippen molar-refractivity contribution in [3.8, 4) is 0 Å². The normalized spacial score (nSPS) is 11.4. The third-order valence-corrected chi connectivity index (χ3v) is 10.4. The maximum atomic E-state index is 2.38. The Bertz CT molecular complexity index is 874. The molecule has 0 fully saturated rings. The van der Waals surface area contributed by atoms with Crippen LogP contribution in [0.3, 0.4) is 0 Å². The van der Waals surface area contributed by atoms with E-state index in [1.807, 2.05) is 0 Å². The summed E-state index contributed by atoms with van der Waals surface area (Å²) < 4.78 is 1.27. The second kappa shape index (κ2) is 9.24. The summed E-state index contributed by atoms with van der Waals surface area (Å²) in [6.45, 7) is 0. The summed E-state index contributed by atoms with van der Waals surface area (Å²) in [5.74, 6) is 0. The molecule has 0 heterocycles. The quantitative estimate of drug-likeness (QED) is 0.192. The molecule has 0 nitrogen and oxygen atoms in total. The van der Waals surface area contributed by atoms with E-state index in [0.29, 0.717) is 0 Å². The average molecular weight is 567 g/mol. The van der Waals surface area contributed by atoms with Crippen LogP contribution >= 0.6 is 29.9 Å². The van der Waals surface area contributed by atoms with E-state index in [1.54, 1.807) is 0 Å². The van der Waals surface area contributed by atoms with Crippen molar-refractivity contribution in [1.82, 2.24) is 0 Å². The molecular formula is C24H20IPRu. The van der Waals surface area contributed by atoms with Crippen LogP contribution in [0.5, 0.6) is 0 Å². The summed E-state index contributed by atoms with van der Waals surface area (Å²) in [6, 6.07) is 42.2. The Kier molecular flexibility index (Phi) is 6.98. The number of benzene rings is 4. The molecule has 0 spiro atoms. The smallest absolute Gasteiger partial charge is 0 e. The molecule has 0 bridgehead atoms. The average Bonchev–Trinajstić information content (AvgIpc) is 2.72. The van der Waals surface area contributed by atoms with E-state index in [2.05, 4.69) is 138 Å². The van der Waals surface area contributed by atoms with Gasteiger partial charge in [0.1, 0.15) is 0 Å². The van der Waals surface area contributed by atoms with Gasteiger partial charge in [0.15, 0.2) is 0 Å². The van der Waals surface area contributed by atoms with Crippen LogP contribution in [0.4, 0.5) is 0 Å². The van der Waals surface area contributed by atoms with E-state index in [1.165, 1.54) is 24.8 Å². The van der Waals surface area contributed by atoms with Gasteiger partial charge in [0.25, 0.3) is 0 Å². The first-order chi connectivity index (χ1) is 12.8. The summed E-state index contributed by atoms with van der Waals surface area (Å²) in [5.41, 5.74) is 0. The van der Waals surface area contributed by atoms with E-state index >= 15 is 0 Å². The van der Waals surface area contributed by atoms with Gasteiger partial charge in [-0.3, -0.25) is 0 Å². The van der Waals surface area contributed by atoms with Crippen molar-refractivity contribution in [3.05, 3.63) is 119 Å². The number of hydrogen-bond donors (Lipinski definition) is 0. The first kappa shape index (κ1) is 20.4. The molecule has 0 atom stereocenters. The van der Waals surface area contributed by atoms with Gasteiger partial charge < -0.3 is 0 Å². The Balaban J connectivity index is 0.00000210. The summed E-state index contributed by atoms with van der Waals surface area (Å²) in [4.78, 5) is 0. The number of rotatable bonds is 4. The standard InChI is InChI=1S/C24H20IP.Ru/c25-20-16-18-24(19-17-20)26(21-10-4-1-5-11-21,22-12-6-2-7-13-22)23-14-8-3-9-15-23;/h1-19,26H;. The van der Waals surface area contributed by atoms with Crippen LogP contribution in [-0.4, -0.2) is 0 Å². The van der Waals surface area contributed by atoms with E-state index in [0.717, 1.165) is 0 Å². The molecule has 136 valence electrons. The minimum absolute atomic E-state index is 0. The summed E-state index contributed by atoms with van der Waals surface area (Å²) in [7, 11) is -2.33.